The van der Waals surface area contributed by atoms with E-state index in [1.165, 1.54) is 0 Å². The van der Waals surface area contributed by atoms with Gasteiger partial charge in [0.2, 0.25) is 0 Å². The van der Waals surface area contributed by atoms with Gasteiger partial charge in [-0.05, 0) is 20.4 Å². The van der Waals surface area contributed by atoms with Gasteiger partial charge in [0, 0.05) is 25.7 Å². The normalized spacial score (nSPS) is 25.4. The van der Waals surface area contributed by atoms with Crippen molar-refractivity contribution in [3.8, 4) is 0 Å². The summed E-state index contributed by atoms with van der Waals surface area (Å²) in [6, 6.07) is 0.435. The Balaban J connectivity index is 2.61. The number of rotatable bonds is 4. The maximum absolute atomic E-state index is 11.7. The quantitative estimate of drug-likeness (QED) is 0.397. The van der Waals surface area contributed by atoms with Crippen LogP contribution in [-0.4, -0.2) is 54.5 Å². The summed E-state index contributed by atoms with van der Waals surface area (Å²) in [4.78, 5) is 16.3. The lowest BCUT2D eigenvalue weighted by Gasteiger charge is -2.41. The van der Waals surface area contributed by atoms with Gasteiger partial charge in [-0.3, -0.25) is 15.1 Å². The first-order valence-corrected chi connectivity index (χ1v) is 6.04. The zero-order chi connectivity index (χ0) is 12.1. The van der Waals surface area contributed by atoms with Crippen molar-refractivity contribution in [1.29, 1.82) is 0 Å². The molecule has 0 spiro atoms. The first kappa shape index (κ1) is 13.4. The fourth-order valence-corrected chi connectivity index (χ4v) is 2.21. The van der Waals surface area contributed by atoms with Crippen LogP contribution >= 0.6 is 0 Å². The summed E-state index contributed by atoms with van der Waals surface area (Å²) in [5.41, 5.74) is 2.28. The highest BCUT2D eigenvalue weighted by molar-refractivity contribution is 5.81. The molecule has 0 aromatic rings. The number of amides is 1. The Labute approximate surface area is 97.9 Å². The second-order valence-corrected chi connectivity index (χ2v) is 4.64. The smallest absolute Gasteiger partial charge is 0.251 e. The van der Waals surface area contributed by atoms with Gasteiger partial charge in [0.05, 0.1) is 6.04 Å². The molecule has 1 fully saturated rings. The molecule has 0 saturated carbocycles. The van der Waals surface area contributed by atoms with Gasteiger partial charge < -0.3 is 4.90 Å². The highest BCUT2D eigenvalue weighted by atomic mass is 16.2. The van der Waals surface area contributed by atoms with E-state index in [0.29, 0.717) is 6.04 Å². The topological polar surface area (TPSA) is 61.6 Å². The summed E-state index contributed by atoms with van der Waals surface area (Å²) in [5, 5.41) is 0. The van der Waals surface area contributed by atoms with Crippen LogP contribution in [0, 0.1) is 0 Å². The minimum absolute atomic E-state index is 0.0568. The molecule has 0 radical (unpaired) electrons. The Morgan fingerprint density at radius 3 is 2.75 bits per heavy atom. The zero-order valence-electron chi connectivity index (χ0n) is 10.6. The van der Waals surface area contributed by atoms with E-state index in [4.69, 9.17) is 5.84 Å². The lowest BCUT2D eigenvalue weighted by atomic mass is 10.1. The van der Waals surface area contributed by atoms with Crippen molar-refractivity contribution in [1.82, 2.24) is 15.2 Å². The number of nitrogens with two attached hydrogens (primary N) is 1. The second-order valence-electron chi connectivity index (χ2n) is 4.64. The number of nitrogens with zero attached hydrogens (tertiary/aromatic N) is 2. The highest BCUT2D eigenvalue weighted by Crippen LogP contribution is 2.14. The molecular weight excluding hydrogens is 204 g/mol. The molecule has 3 N–H and O–H groups in total. The third-order valence-electron chi connectivity index (χ3n) is 3.44. The van der Waals surface area contributed by atoms with E-state index in [9.17, 15) is 4.79 Å². The molecule has 1 amide bonds. The fraction of sp³-hybridized carbons (Fsp3) is 0.909. The van der Waals surface area contributed by atoms with Crippen LogP contribution in [0.25, 0.3) is 0 Å². The highest BCUT2D eigenvalue weighted by Gasteiger charge is 2.29. The summed E-state index contributed by atoms with van der Waals surface area (Å²) in [6.07, 6.45) is 1.87. The lowest BCUT2D eigenvalue weighted by molar-refractivity contribution is -0.128. The van der Waals surface area contributed by atoms with E-state index in [1.807, 2.05) is 0 Å². The number of nitrogens with one attached hydrogen (secondary N) is 1. The van der Waals surface area contributed by atoms with Gasteiger partial charge in [0.15, 0.2) is 0 Å². The minimum Gasteiger partial charge on any atom is -0.301 e. The van der Waals surface area contributed by atoms with E-state index in [1.54, 1.807) is 0 Å². The number of carbonyl (C=O) groups is 1. The molecule has 0 bridgehead atoms. The van der Waals surface area contributed by atoms with Gasteiger partial charge in [-0.15, -0.1) is 0 Å². The van der Waals surface area contributed by atoms with Crippen molar-refractivity contribution in [2.45, 2.75) is 38.8 Å². The Hall–Kier alpha value is -0.650. The minimum atomic E-state index is -0.0638. The standard InChI is InChI=1S/C11H24N4O/c1-4-5-10(11(16)13-12)15-7-6-14(3)9(2)8-15/h9-10H,4-8,12H2,1-3H3,(H,13,16). The van der Waals surface area contributed by atoms with Crippen molar-refractivity contribution >= 4 is 5.91 Å². The van der Waals surface area contributed by atoms with E-state index < -0.39 is 0 Å². The SMILES string of the molecule is CCCC(C(=O)NN)N1CCN(C)C(C)C1. The monoisotopic (exact) mass is 228 g/mol. The van der Waals surface area contributed by atoms with E-state index in [0.717, 1.165) is 32.5 Å². The fourth-order valence-electron chi connectivity index (χ4n) is 2.21. The molecule has 94 valence electrons. The molecule has 2 atom stereocenters. The Morgan fingerprint density at radius 2 is 2.25 bits per heavy atom. The van der Waals surface area contributed by atoms with Crippen LogP contribution in [0.5, 0.6) is 0 Å². The maximum Gasteiger partial charge on any atom is 0.251 e. The molecule has 1 saturated heterocycles. The number of hydrogen-bond acceptors (Lipinski definition) is 4. The molecule has 0 aromatic heterocycles. The lowest BCUT2D eigenvalue weighted by Crippen LogP contribution is -2.57. The molecule has 0 aromatic carbocycles. The van der Waals surface area contributed by atoms with Crippen molar-refractivity contribution in [2.24, 2.45) is 5.84 Å². The number of likely N-dealkylation sites (N-methyl/N-ethyl adjacent to an activating group) is 1. The number of hydrazine groups is 1. The summed E-state index contributed by atoms with van der Waals surface area (Å²) < 4.78 is 0. The molecule has 1 heterocycles. The van der Waals surface area contributed by atoms with Crippen molar-refractivity contribution < 1.29 is 4.79 Å². The van der Waals surface area contributed by atoms with Crippen LogP contribution in [0.3, 0.4) is 0 Å². The molecule has 1 rings (SSSR count). The molecular formula is C11H24N4O. The molecule has 0 aliphatic carbocycles. The maximum atomic E-state index is 11.7. The van der Waals surface area contributed by atoms with Crippen LogP contribution in [0.2, 0.25) is 0 Å². The predicted octanol–water partition coefficient (Wildman–Crippen LogP) is -0.219. The van der Waals surface area contributed by atoms with Gasteiger partial charge in [0.1, 0.15) is 0 Å². The molecule has 1 aliphatic heterocycles. The van der Waals surface area contributed by atoms with Crippen molar-refractivity contribution in [3.05, 3.63) is 0 Å². The van der Waals surface area contributed by atoms with Crippen LogP contribution in [0.4, 0.5) is 0 Å². The first-order chi connectivity index (χ1) is 7.60. The van der Waals surface area contributed by atoms with Gasteiger partial charge in [-0.25, -0.2) is 5.84 Å². The summed E-state index contributed by atoms with van der Waals surface area (Å²) in [6.45, 7) is 7.18. The second kappa shape index (κ2) is 6.18. The number of piperazine rings is 1. The Morgan fingerprint density at radius 1 is 1.56 bits per heavy atom. The predicted molar refractivity (Wildman–Crippen MR) is 64.7 cm³/mol. The average Bonchev–Trinajstić information content (AvgIpc) is 2.29. The summed E-state index contributed by atoms with van der Waals surface area (Å²) >= 11 is 0. The zero-order valence-corrected chi connectivity index (χ0v) is 10.6. The first-order valence-electron chi connectivity index (χ1n) is 6.04. The molecule has 1 aliphatic rings. The van der Waals surface area contributed by atoms with Crippen LogP contribution in [0.1, 0.15) is 26.7 Å². The Kier molecular flexibility index (Phi) is 5.18. The molecule has 5 nitrogen and oxygen atoms in total. The van der Waals surface area contributed by atoms with Crippen molar-refractivity contribution in [2.75, 3.05) is 26.7 Å². The van der Waals surface area contributed by atoms with E-state index in [2.05, 4.69) is 36.1 Å². The Bertz CT molecular complexity index is 234. The third kappa shape index (κ3) is 3.17. The van der Waals surface area contributed by atoms with Crippen LogP contribution in [0.15, 0.2) is 0 Å². The van der Waals surface area contributed by atoms with Gasteiger partial charge in [0.25, 0.3) is 5.91 Å². The van der Waals surface area contributed by atoms with Crippen LogP contribution < -0.4 is 11.3 Å². The number of hydrogen-bond donors (Lipinski definition) is 2. The van der Waals surface area contributed by atoms with Gasteiger partial charge in [-0.2, -0.15) is 0 Å². The molecule has 16 heavy (non-hydrogen) atoms. The van der Waals surface area contributed by atoms with Gasteiger partial charge >= 0.3 is 0 Å². The summed E-state index contributed by atoms with van der Waals surface area (Å²) in [7, 11) is 2.12. The van der Waals surface area contributed by atoms with Crippen LogP contribution in [-0.2, 0) is 4.79 Å². The molecule has 5 heteroatoms. The number of carbonyl (C=O) groups excluding carboxylic acids is 1. The molecule has 2 unspecified atom stereocenters. The van der Waals surface area contributed by atoms with Crippen molar-refractivity contribution in [3.63, 3.8) is 0 Å². The third-order valence-corrected chi connectivity index (χ3v) is 3.44. The van der Waals surface area contributed by atoms with Gasteiger partial charge in [-0.1, -0.05) is 13.3 Å². The summed E-state index contributed by atoms with van der Waals surface area (Å²) in [5.74, 6) is 5.18. The van der Waals surface area contributed by atoms with E-state index >= 15 is 0 Å². The average molecular weight is 228 g/mol. The largest absolute Gasteiger partial charge is 0.301 e. The van der Waals surface area contributed by atoms with E-state index in [-0.39, 0.29) is 11.9 Å².